The molecule has 0 aliphatic rings. The van der Waals surface area contributed by atoms with E-state index in [1.54, 1.807) is 0 Å². The maximum atomic E-state index is 7.00. The minimum absolute atomic E-state index is 0. The zero-order valence-electron chi connectivity index (χ0n) is 1.45. The SMILES string of the molecule is CO.[AlH3].[MgH2]. The smallest absolute Gasteiger partial charge is 0.316 e. The summed E-state index contributed by atoms with van der Waals surface area (Å²) in [6.07, 6.45) is 0. The number of hydrogen-bond donors (Lipinski definition) is 1. The van der Waals surface area contributed by atoms with Gasteiger partial charge in [0.1, 0.15) is 0 Å². The van der Waals surface area contributed by atoms with Crippen molar-refractivity contribution in [3.05, 3.63) is 0 Å². The Morgan fingerprint density at radius 2 is 1.25 bits per heavy atom. The van der Waals surface area contributed by atoms with Gasteiger partial charge in [0.05, 0.1) is 0 Å². The van der Waals surface area contributed by atoms with Gasteiger partial charge in [-0.2, -0.15) is 0 Å². The molecule has 0 aliphatic heterocycles. The van der Waals surface area contributed by atoms with Gasteiger partial charge >= 0.3 is 23.1 Å². The summed E-state index contributed by atoms with van der Waals surface area (Å²) >= 11 is 0. The molecule has 0 unspecified atom stereocenters. The van der Waals surface area contributed by atoms with Gasteiger partial charge in [-0.15, -0.1) is 0 Å². The molecule has 1 nitrogen and oxygen atoms in total. The Balaban J connectivity index is -0.00000000500. The average Bonchev–Trinajstić information content (AvgIpc) is 1.00. The normalized spacial score (nSPS) is 1.50. The molecule has 0 amide bonds. The molecule has 0 rings (SSSR count). The highest BCUT2D eigenvalue weighted by Gasteiger charge is 0.839. The maximum Gasteiger partial charge on any atom is 0.316 e. The van der Waals surface area contributed by atoms with Gasteiger partial charge in [0.2, 0.25) is 0 Å². The Kier molecular flexibility index (Phi) is 133. The molecule has 0 aliphatic carbocycles. The molecule has 0 atom stereocenters. The molecule has 0 bridgehead atoms. The molecule has 0 saturated heterocycles. The predicted molar refractivity (Wildman–Crippen MR) is 26.6 cm³/mol. The van der Waals surface area contributed by atoms with E-state index in [0.717, 1.165) is 7.11 Å². The summed E-state index contributed by atoms with van der Waals surface area (Å²) in [6.45, 7) is 0. The topological polar surface area (TPSA) is 20.2 Å². The van der Waals surface area contributed by atoms with E-state index in [9.17, 15) is 0 Å². The Morgan fingerprint density at radius 1 is 1.25 bits per heavy atom. The Bertz CT molecular complexity index is 8.00. The molecule has 0 fully saturated rings. The van der Waals surface area contributed by atoms with Crippen LogP contribution in [0.1, 0.15) is 0 Å². The van der Waals surface area contributed by atoms with E-state index < -0.39 is 0 Å². The molecule has 0 saturated carbocycles. The highest BCUT2D eigenvalue weighted by Crippen LogP contribution is 0.755. The van der Waals surface area contributed by atoms with E-state index in [-0.39, 0.29) is 40.4 Å². The van der Waals surface area contributed by atoms with E-state index in [1.165, 1.54) is 0 Å². The van der Waals surface area contributed by atoms with Crippen LogP contribution in [0.3, 0.4) is 0 Å². The van der Waals surface area contributed by atoms with Crippen molar-refractivity contribution in [2.45, 2.75) is 0 Å². The zero-order chi connectivity index (χ0) is 2.00. The van der Waals surface area contributed by atoms with Crippen molar-refractivity contribution in [1.29, 1.82) is 0 Å². The second-order valence-corrected chi connectivity index (χ2v) is 0. The van der Waals surface area contributed by atoms with Crippen LogP contribution < -0.4 is 0 Å². The molecule has 0 spiro atoms. The van der Waals surface area contributed by atoms with Gasteiger partial charge in [-0.25, -0.2) is 0 Å². The quantitative estimate of drug-likeness (QED) is 0.325. The van der Waals surface area contributed by atoms with Crippen molar-refractivity contribution >= 4 is 40.4 Å². The maximum absolute atomic E-state index is 7.00. The highest BCUT2D eigenvalue weighted by molar-refractivity contribution is 5.76. The molecule has 0 heterocycles. The summed E-state index contributed by atoms with van der Waals surface area (Å²) < 4.78 is 0. The van der Waals surface area contributed by atoms with Gasteiger partial charge in [0, 0.05) is 7.11 Å². The molecule has 4 heavy (non-hydrogen) atoms. The number of aliphatic hydroxyl groups is 1. The van der Waals surface area contributed by atoms with Crippen molar-refractivity contribution in [3.63, 3.8) is 0 Å². The van der Waals surface area contributed by atoms with Crippen molar-refractivity contribution in [2.24, 2.45) is 0 Å². The molecule has 0 aromatic rings. The molecule has 24 valence electrons. The van der Waals surface area contributed by atoms with Gasteiger partial charge in [-0.05, 0) is 0 Å². The second kappa shape index (κ2) is 28.5. The van der Waals surface area contributed by atoms with Crippen LogP contribution in [0.15, 0.2) is 0 Å². The Morgan fingerprint density at radius 3 is 1.25 bits per heavy atom. The number of aliphatic hydroxyl groups excluding tert-OH is 1. The van der Waals surface area contributed by atoms with Crippen molar-refractivity contribution < 1.29 is 5.11 Å². The van der Waals surface area contributed by atoms with E-state index in [2.05, 4.69) is 0 Å². The summed E-state index contributed by atoms with van der Waals surface area (Å²) in [5.74, 6) is 0. The monoisotopic (exact) mass is 88.0 g/mol. The van der Waals surface area contributed by atoms with Gasteiger partial charge < -0.3 is 5.11 Å². The van der Waals surface area contributed by atoms with Crippen LogP contribution >= 0.6 is 0 Å². The summed E-state index contributed by atoms with van der Waals surface area (Å²) in [4.78, 5) is 0. The molecule has 3 heteroatoms. The lowest BCUT2D eigenvalue weighted by atomic mass is 11.8. The third-order valence-electron chi connectivity index (χ3n) is 0. The summed E-state index contributed by atoms with van der Waals surface area (Å²) in [6, 6.07) is 0. The fourth-order valence-corrected chi connectivity index (χ4v) is 0. The molecule has 0 aromatic heterocycles. The number of hydrogen-bond acceptors (Lipinski definition) is 1. The fraction of sp³-hybridized carbons (Fsp3) is 1.00. The predicted octanol–water partition coefficient (Wildman–Crippen LogP) is -2.49. The van der Waals surface area contributed by atoms with E-state index in [0.29, 0.717) is 0 Å². The first-order valence-electron chi connectivity index (χ1n) is 0.447. The van der Waals surface area contributed by atoms with Crippen LogP contribution in [-0.2, 0) is 0 Å². The Hall–Kier alpha value is 1.26. The molecular formula is CH9AlMgO. The first-order chi connectivity index (χ1) is 1.00. The molecule has 0 aromatic carbocycles. The fourth-order valence-electron chi connectivity index (χ4n) is 0. The van der Waals surface area contributed by atoms with Crippen molar-refractivity contribution in [1.82, 2.24) is 0 Å². The van der Waals surface area contributed by atoms with Crippen LogP contribution in [0.2, 0.25) is 0 Å². The van der Waals surface area contributed by atoms with E-state index in [4.69, 9.17) is 5.11 Å². The first-order valence-corrected chi connectivity index (χ1v) is 0.447. The first kappa shape index (κ1) is 18.7. The molecular weight excluding hydrogens is 79.3 g/mol. The summed E-state index contributed by atoms with van der Waals surface area (Å²) in [5, 5.41) is 7.00. The standard InChI is InChI=1S/CH4O.Al.Mg.5H/c1-2;;;;;;;/h2H,1H3;;;;;;;. The molecule has 1 N–H and O–H groups in total. The summed E-state index contributed by atoms with van der Waals surface area (Å²) in [5.41, 5.74) is 0. The van der Waals surface area contributed by atoms with Crippen LogP contribution in [0.4, 0.5) is 0 Å². The third kappa shape index (κ3) is 10.5. The van der Waals surface area contributed by atoms with Crippen LogP contribution in [0.25, 0.3) is 0 Å². The van der Waals surface area contributed by atoms with Gasteiger partial charge in [-0.1, -0.05) is 0 Å². The third-order valence-corrected chi connectivity index (χ3v) is 0. The average molecular weight is 88.4 g/mol. The highest BCUT2D eigenvalue weighted by atomic mass is 27.0. The molecule has 0 radical (unpaired) electrons. The van der Waals surface area contributed by atoms with Gasteiger partial charge in [0.15, 0.2) is 17.4 Å². The summed E-state index contributed by atoms with van der Waals surface area (Å²) in [7, 11) is 1.00. The van der Waals surface area contributed by atoms with Crippen LogP contribution in [0.5, 0.6) is 0 Å². The second-order valence-electron chi connectivity index (χ2n) is 0. The largest absolute Gasteiger partial charge is 0.400 e. The zero-order valence-corrected chi connectivity index (χ0v) is 1.45. The lowest BCUT2D eigenvalue weighted by Gasteiger charge is -1.21. The van der Waals surface area contributed by atoms with E-state index in [1.807, 2.05) is 0 Å². The van der Waals surface area contributed by atoms with Crippen molar-refractivity contribution in [2.75, 3.05) is 7.11 Å². The van der Waals surface area contributed by atoms with Gasteiger partial charge in [0.25, 0.3) is 0 Å². The minimum Gasteiger partial charge on any atom is -0.400 e. The minimum atomic E-state index is 0. The van der Waals surface area contributed by atoms with E-state index >= 15 is 0 Å². The van der Waals surface area contributed by atoms with Crippen molar-refractivity contribution in [3.8, 4) is 0 Å². The van der Waals surface area contributed by atoms with Crippen LogP contribution in [0, 0.1) is 0 Å². The lowest BCUT2D eigenvalue weighted by Crippen LogP contribution is -1.25. The number of rotatable bonds is 0. The lowest BCUT2D eigenvalue weighted by molar-refractivity contribution is 0.399. The Labute approximate surface area is 52.7 Å². The van der Waals surface area contributed by atoms with Crippen LogP contribution in [-0.4, -0.2) is 52.6 Å². The van der Waals surface area contributed by atoms with Gasteiger partial charge in [-0.3, -0.25) is 0 Å².